The molecule has 1 unspecified atom stereocenters. The predicted molar refractivity (Wildman–Crippen MR) is 75.2 cm³/mol. The summed E-state index contributed by atoms with van der Waals surface area (Å²) in [4.78, 5) is 22.5. The van der Waals surface area contributed by atoms with Crippen LogP contribution in [-0.4, -0.2) is 40.0 Å². The van der Waals surface area contributed by atoms with Gasteiger partial charge in [-0.3, -0.25) is 4.79 Å². The van der Waals surface area contributed by atoms with E-state index in [1.165, 1.54) is 12.5 Å². The Morgan fingerprint density at radius 3 is 2.81 bits per heavy atom. The highest BCUT2D eigenvalue weighted by Crippen LogP contribution is 2.18. The Morgan fingerprint density at radius 2 is 2.14 bits per heavy atom. The van der Waals surface area contributed by atoms with E-state index in [2.05, 4.69) is 9.97 Å². The summed E-state index contributed by atoms with van der Waals surface area (Å²) < 4.78 is 10.7. The zero-order valence-corrected chi connectivity index (χ0v) is 12.1. The lowest BCUT2D eigenvalue weighted by Crippen LogP contribution is -2.30. The molecule has 1 fully saturated rings. The number of aryl methyl sites for hydroxylation is 2. The van der Waals surface area contributed by atoms with E-state index in [-0.39, 0.29) is 12.0 Å². The molecule has 1 amide bonds. The summed E-state index contributed by atoms with van der Waals surface area (Å²) in [5.41, 5.74) is 2.32. The van der Waals surface area contributed by atoms with Gasteiger partial charge in [-0.05, 0) is 26.0 Å². The lowest BCUT2D eigenvalue weighted by Gasteiger charge is -2.16. The first kappa shape index (κ1) is 13.6. The van der Waals surface area contributed by atoms with Crippen LogP contribution in [-0.2, 0) is 0 Å². The first-order valence-corrected chi connectivity index (χ1v) is 6.92. The summed E-state index contributed by atoms with van der Waals surface area (Å²) in [5, 5.41) is 0. The molecular weight excluding hydrogens is 270 g/mol. The first-order chi connectivity index (χ1) is 10.1. The van der Waals surface area contributed by atoms with E-state index < -0.39 is 0 Å². The highest BCUT2D eigenvalue weighted by Gasteiger charge is 2.29. The molecule has 1 saturated heterocycles. The van der Waals surface area contributed by atoms with E-state index in [1.54, 1.807) is 11.0 Å². The molecule has 0 N–H and O–H groups in total. The second-order valence-electron chi connectivity index (χ2n) is 5.23. The fourth-order valence-corrected chi connectivity index (χ4v) is 2.47. The normalized spacial score (nSPS) is 18.0. The highest BCUT2D eigenvalue weighted by atomic mass is 16.5. The molecule has 2 aromatic rings. The molecule has 0 radical (unpaired) electrons. The van der Waals surface area contributed by atoms with Crippen LogP contribution >= 0.6 is 0 Å². The number of aromatic nitrogens is 2. The third-order valence-corrected chi connectivity index (χ3v) is 3.43. The van der Waals surface area contributed by atoms with Crippen LogP contribution in [0.25, 0.3) is 0 Å². The van der Waals surface area contributed by atoms with Crippen LogP contribution < -0.4 is 4.74 Å². The molecule has 0 spiro atoms. The molecule has 0 saturated carbocycles. The van der Waals surface area contributed by atoms with E-state index in [9.17, 15) is 4.79 Å². The number of hydrogen-bond donors (Lipinski definition) is 0. The van der Waals surface area contributed by atoms with Crippen molar-refractivity contribution in [2.45, 2.75) is 26.4 Å². The molecule has 0 aliphatic carbocycles. The van der Waals surface area contributed by atoms with E-state index in [4.69, 9.17) is 9.15 Å². The van der Waals surface area contributed by atoms with Crippen molar-refractivity contribution < 1.29 is 13.9 Å². The second kappa shape index (κ2) is 5.55. The van der Waals surface area contributed by atoms with Gasteiger partial charge in [0.1, 0.15) is 12.4 Å². The molecule has 1 aliphatic heterocycles. The van der Waals surface area contributed by atoms with Gasteiger partial charge >= 0.3 is 6.01 Å². The second-order valence-corrected chi connectivity index (χ2v) is 5.23. The Morgan fingerprint density at radius 1 is 1.38 bits per heavy atom. The number of carbonyl (C=O) groups is 1. The Hall–Kier alpha value is -2.37. The first-order valence-electron chi connectivity index (χ1n) is 6.92. The number of amides is 1. The van der Waals surface area contributed by atoms with Crippen LogP contribution in [0.2, 0.25) is 0 Å². The van der Waals surface area contributed by atoms with Crippen molar-refractivity contribution in [1.82, 2.24) is 14.9 Å². The van der Waals surface area contributed by atoms with Crippen molar-refractivity contribution in [3.8, 4) is 6.01 Å². The van der Waals surface area contributed by atoms with Crippen molar-refractivity contribution >= 4 is 5.91 Å². The Balaban J connectivity index is 1.63. The van der Waals surface area contributed by atoms with Gasteiger partial charge in [0.05, 0.1) is 18.4 Å². The Bertz CT molecular complexity index is 619. The summed E-state index contributed by atoms with van der Waals surface area (Å²) in [7, 11) is 0. The minimum absolute atomic E-state index is 0.0313. The molecular formula is C15H17N3O3. The number of rotatable bonds is 3. The maximum Gasteiger partial charge on any atom is 0.317 e. The maximum atomic E-state index is 12.2. The van der Waals surface area contributed by atoms with Crippen molar-refractivity contribution in [3.63, 3.8) is 0 Å². The van der Waals surface area contributed by atoms with Crippen LogP contribution in [0.5, 0.6) is 6.01 Å². The van der Waals surface area contributed by atoms with Gasteiger partial charge in [-0.25, -0.2) is 9.97 Å². The molecule has 21 heavy (non-hydrogen) atoms. The van der Waals surface area contributed by atoms with E-state index in [0.717, 1.165) is 17.8 Å². The van der Waals surface area contributed by atoms with Crippen LogP contribution in [0.1, 0.15) is 28.2 Å². The van der Waals surface area contributed by atoms with Crippen LogP contribution in [0.3, 0.4) is 0 Å². The molecule has 3 heterocycles. The average Bonchev–Trinajstić information content (AvgIpc) is 3.07. The van der Waals surface area contributed by atoms with Gasteiger partial charge in [0.25, 0.3) is 5.91 Å². The number of carbonyl (C=O) groups excluding carboxylic acids is 1. The Kier molecular flexibility index (Phi) is 3.60. The van der Waals surface area contributed by atoms with Gasteiger partial charge in [-0.15, -0.1) is 0 Å². The predicted octanol–water partition coefficient (Wildman–Crippen LogP) is 1.98. The SMILES string of the molecule is Cc1cc(C)nc(OC2CCN(C(=O)c3ccoc3)C2)n1. The largest absolute Gasteiger partial charge is 0.472 e. The number of nitrogens with zero attached hydrogens (tertiary/aromatic N) is 3. The quantitative estimate of drug-likeness (QED) is 0.863. The maximum absolute atomic E-state index is 12.2. The molecule has 2 aromatic heterocycles. The molecule has 3 rings (SSSR count). The third-order valence-electron chi connectivity index (χ3n) is 3.43. The zero-order chi connectivity index (χ0) is 14.8. The summed E-state index contributed by atoms with van der Waals surface area (Å²) in [6, 6.07) is 3.95. The van der Waals surface area contributed by atoms with Crippen LogP contribution in [0, 0.1) is 13.8 Å². The van der Waals surface area contributed by atoms with Gasteiger partial charge in [0.15, 0.2) is 0 Å². The third kappa shape index (κ3) is 3.04. The summed E-state index contributed by atoms with van der Waals surface area (Å²) >= 11 is 0. The summed E-state index contributed by atoms with van der Waals surface area (Å²) in [6.07, 6.45) is 3.67. The summed E-state index contributed by atoms with van der Waals surface area (Å²) in [6.45, 7) is 5.02. The van der Waals surface area contributed by atoms with Gasteiger partial charge < -0.3 is 14.1 Å². The topological polar surface area (TPSA) is 68.5 Å². The average molecular weight is 287 g/mol. The van der Waals surface area contributed by atoms with E-state index >= 15 is 0 Å². The van der Waals surface area contributed by atoms with E-state index in [0.29, 0.717) is 24.7 Å². The fourth-order valence-electron chi connectivity index (χ4n) is 2.47. The molecule has 1 atom stereocenters. The smallest absolute Gasteiger partial charge is 0.317 e. The van der Waals surface area contributed by atoms with E-state index in [1.807, 2.05) is 19.9 Å². The Labute approximate surface area is 122 Å². The number of furan rings is 1. The van der Waals surface area contributed by atoms with Crippen molar-refractivity contribution in [2.75, 3.05) is 13.1 Å². The molecule has 1 aliphatic rings. The van der Waals surface area contributed by atoms with Gasteiger partial charge in [0, 0.05) is 24.4 Å². The van der Waals surface area contributed by atoms with Crippen molar-refractivity contribution in [2.24, 2.45) is 0 Å². The van der Waals surface area contributed by atoms with Crippen LogP contribution in [0.4, 0.5) is 0 Å². The minimum Gasteiger partial charge on any atom is -0.472 e. The molecule has 0 bridgehead atoms. The minimum atomic E-state index is -0.0675. The van der Waals surface area contributed by atoms with Crippen LogP contribution in [0.15, 0.2) is 29.1 Å². The lowest BCUT2D eigenvalue weighted by molar-refractivity contribution is 0.0769. The highest BCUT2D eigenvalue weighted by molar-refractivity contribution is 5.94. The van der Waals surface area contributed by atoms with Gasteiger partial charge in [-0.1, -0.05) is 0 Å². The monoisotopic (exact) mass is 287 g/mol. The molecule has 0 aromatic carbocycles. The number of ether oxygens (including phenoxy) is 1. The zero-order valence-electron chi connectivity index (χ0n) is 12.1. The molecule has 6 nitrogen and oxygen atoms in total. The molecule has 110 valence electrons. The lowest BCUT2D eigenvalue weighted by atomic mass is 10.3. The summed E-state index contributed by atoms with van der Waals surface area (Å²) in [5.74, 6) is -0.0313. The number of likely N-dealkylation sites (tertiary alicyclic amines) is 1. The number of hydrogen-bond acceptors (Lipinski definition) is 5. The molecule has 6 heteroatoms. The van der Waals surface area contributed by atoms with Gasteiger partial charge in [-0.2, -0.15) is 0 Å². The van der Waals surface area contributed by atoms with Crippen molar-refractivity contribution in [3.05, 3.63) is 41.6 Å². The van der Waals surface area contributed by atoms with Crippen molar-refractivity contribution in [1.29, 1.82) is 0 Å². The van der Waals surface area contributed by atoms with Gasteiger partial charge in [0.2, 0.25) is 0 Å². The standard InChI is InChI=1S/C15H17N3O3/c1-10-7-11(2)17-15(16-10)21-13-3-5-18(8-13)14(19)12-4-6-20-9-12/h4,6-7,9,13H,3,5,8H2,1-2H3. The fraction of sp³-hybridized carbons (Fsp3) is 0.400.